The van der Waals surface area contributed by atoms with E-state index in [4.69, 9.17) is 0 Å². The van der Waals surface area contributed by atoms with Crippen LogP contribution in [0.2, 0.25) is 0 Å². The predicted octanol–water partition coefficient (Wildman–Crippen LogP) is 1.19. The molecule has 0 aliphatic rings. The maximum Gasteiger partial charge on any atom is 0.276 e. The van der Waals surface area contributed by atoms with Crippen LogP contribution >= 0.6 is 11.3 Å². The number of nitrogens with zero attached hydrogens (tertiary/aromatic N) is 2. The smallest absolute Gasteiger partial charge is 0.265 e. The Morgan fingerprint density at radius 2 is 2.00 bits per heavy atom. The van der Waals surface area contributed by atoms with E-state index < -0.39 is 10.2 Å². The van der Waals surface area contributed by atoms with Crippen molar-refractivity contribution in [3.05, 3.63) is 35.6 Å². The quantitative estimate of drug-likeness (QED) is 0.804. The van der Waals surface area contributed by atoms with Crippen molar-refractivity contribution >= 4 is 21.5 Å². The van der Waals surface area contributed by atoms with Crippen LogP contribution in [0.25, 0.3) is 10.6 Å². The molecular weight excluding hydrogens is 296 g/mol. The van der Waals surface area contributed by atoms with Crippen LogP contribution in [-0.4, -0.2) is 31.5 Å². The third-order valence-corrected chi connectivity index (χ3v) is 4.68. The van der Waals surface area contributed by atoms with Crippen LogP contribution in [0.15, 0.2) is 29.9 Å². The summed E-state index contributed by atoms with van der Waals surface area (Å²) in [5, 5.41) is 2.86. The summed E-state index contributed by atoms with van der Waals surface area (Å²) < 4.78 is 27.6. The molecular formula is C12H16N4O2S2. The fourth-order valence-corrected chi connectivity index (χ4v) is 3.32. The Labute approximate surface area is 122 Å². The van der Waals surface area contributed by atoms with Crippen molar-refractivity contribution in [2.24, 2.45) is 0 Å². The Morgan fingerprint density at radius 3 is 2.70 bits per heavy atom. The molecule has 8 heteroatoms. The second-order valence-electron chi connectivity index (χ2n) is 4.03. The Kier molecular flexibility index (Phi) is 5.18. The first kappa shape index (κ1) is 15.0. The number of hydrogen-bond donors (Lipinski definition) is 2. The highest BCUT2D eigenvalue weighted by molar-refractivity contribution is 7.87. The molecule has 2 aromatic heterocycles. The molecule has 0 saturated heterocycles. The molecule has 0 amide bonds. The van der Waals surface area contributed by atoms with Gasteiger partial charge in [0.2, 0.25) is 0 Å². The molecule has 0 atom stereocenters. The summed E-state index contributed by atoms with van der Waals surface area (Å²) in [5.41, 5.74) is 1.89. The van der Waals surface area contributed by atoms with E-state index in [0.717, 1.165) is 16.3 Å². The standard InChI is InChI=1S/C12H16N4O2S2/c1-2-14-20(17,18)15-8-5-11-9-19-12(16-11)10-3-6-13-7-4-10/h3-4,6-7,9,14-15H,2,5,8H2,1H3. The third-order valence-electron chi connectivity index (χ3n) is 2.49. The molecule has 20 heavy (non-hydrogen) atoms. The molecule has 0 unspecified atom stereocenters. The molecule has 0 saturated carbocycles. The zero-order valence-electron chi connectivity index (χ0n) is 11.0. The van der Waals surface area contributed by atoms with Gasteiger partial charge in [0.25, 0.3) is 10.2 Å². The van der Waals surface area contributed by atoms with E-state index in [9.17, 15) is 8.42 Å². The minimum atomic E-state index is -3.38. The third kappa shape index (κ3) is 4.34. The van der Waals surface area contributed by atoms with Crippen LogP contribution in [-0.2, 0) is 16.6 Å². The molecule has 2 aromatic rings. The number of pyridine rings is 1. The largest absolute Gasteiger partial charge is 0.276 e. The average molecular weight is 312 g/mol. The molecule has 0 radical (unpaired) electrons. The van der Waals surface area contributed by atoms with Crippen LogP contribution in [0.1, 0.15) is 12.6 Å². The normalized spacial score (nSPS) is 11.7. The van der Waals surface area contributed by atoms with Crippen molar-refractivity contribution in [1.29, 1.82) is 0 Å². The minimum absolute atomic E-state index is 0.328. The van der Waals surface area contributed by atoms with Crippen molar-refractivity contribution < 1.29 is 8.42 Å². The lowest BCUT2D eigenvalue weighted by molar-refractivity contribution is 0.568. The van der Waals surface area contributed by atoms with Gasteiger partial charge >= 0.3 is 0 Å². The van der Waals surface area contributed by atoms with Gasteiger partial charge in [-0.15, -0.1) is 11.3 Å². The zero-order chi connectivity index (χ0) is 14.4. The highest BCUT2D eigenvalue weighted by atomic mass is 32.2. The fourth-order valence-electron chi connectivity index (χ4n) is 1.60. The molecule has 6 nitrogen and oxygen atoms in total. The molecule has 108 valence electrons. The van der Waals surface area contributed by atoms with Gasteiger partial charge in [-0.25, -0.2) is 14.4 Å². The summed E-state index contributed by atoms with van der Waals surface area (Å²) in [6.45, 7) is 2.44. The summed E-state index contributed by atoms with van der Waals surface area (Å²) in [7, 11) is -3.38. The Bertz CT molecular complexity index is 640. The van der Waals surface area contributed by atoms with Crippen molar-refractivity contribution in [2.75, 3.05) is 13.1 Å². The zero-order valence-corrected chi connectivity index (χ0v) is 12.7. The fraction of sp³-hybridized carbons (Fsp3) is 0.333. The Morgan fingerprint density at radius 1 is 1.25 bits per heavy atom. The lowest BCUT2D eigenvalue weighted by Gasteiger charge is -2.04. The van der Waals surface area contributed by atoms with Crippen molar-refractivity contribution in [3.63, 3.8) is 0 Å². The van der Waals surface area contributed by atoms with Crippen molar-refractivity contribution in [3.8, 4) is 10.6 Å². The predicted molar refractivity (Wildman–Crippen MR) is 79.6 cm³/mol. The molecule has 2 N–H and O–H groups in total. The highest BCUT2D eigenvalue weighted by Crippen LogP contribution is 2.22. The van der Waals surface area contributed by atoms with E-state index in [2.05, 4.69) is 19.4 Å². The monoisotopic (exact) mass is 312 g/mol. The molecule has 0 aromatic carbocycles. The van der Waals surface area contributed by atoms with E-state index in [1.807, 2.05) is 17.5 Å². The van der Waals surface area contributed by atoms with Crippen molar-refractivity contribution in [1.82, 2.24) is 19.4 Å². The van der Waals surface area contributed by atoms with Gasteiger partial charge in [-0.3, -0.25) is 4.98 Å². The van der Waals surface area contributed by atoms with Gasteiger partial charge in [0, 0.05) is 42.8 Å². The van der Waals surface area contributed by atoms with E-state index in [1.54, 1.807) is 19.3 Å². The summed E-state index contributed by atoms with van der Waals surface area (Å²) in [4.78, 5) is 8.45. The second-order valence-corrected chi connectivity index (χ2v) is 6.47. The summed E-state index contributed by atoms with van der Waals surface area (Å²) >= 11 is 1.54. The number of rotatable bonds is 7. The van der Waals surface area contributed by atoms with E-state index in [1.165, 1.54) is 11.3 Å². The highest BCUT2D eigenvalue weighted by Gasteiger charge is 2.08. The van der Waals surface area contributed by atoms with Gasteiger partial charge in [-0.2, -0.15) is 8.42 Å². The molecule has 0 aliphatic carbocycles. The molecule has 0 spiro atoms. The molecule has 0 aliphatic heterocycles. The summed E-state index contributed by atoms with van der Waals surface area (Å²) in [5.74, 6) is 0. The second kappa shape index (κ2) is 6.89. The first-order valence-electron chi connectivity index (χ1n) is 6.20. The van der Waals surface area contributed by atoms with Crippen LogP contribution < -0.4 is 9.44 Å². The van der Waals surface area contributed by atoms with Gasteiger partial charge in [0.1, 0.15) is 5.01 Å². The molecule has 2 rings (SSSR count). The van der Waals surface area contributed by atoms with E-state index in [0.29, 0.717) is 19.5 Å². The lowest BCUT2D eigenvalue weighted by atomic mass is 10.3. The molecule has 0 bridgehead atoms. The summed E-state index contributed by atoms with van der Waals surface area (Å²) in [6, 6.07) is 3.80. The van der Waals surface area contributed by atoms with Crippen LogP contribution in [0.5, 0.6) is 0 Å². The number of nitrogens with one attached hydrogen (secondary N) is 2. The number of hydrogen-bond acceptors (Lipinski definition) is 5. The Balaban J connectivity index is 1.91. The Hall–Kier alpha value is -1.35. The van der Waals surface area contributed by atoms with Crippen molar-refractivity contribution in [2.45, 2.75) is 13.3 Å². The molecule has 2 heterocycles. The molecule has 0 fully saturated rings. The van der Waals surface area contributed by atoms with E-state index >= 15 is 0 Å². The van der Waals surface area contributed by atoms with Crippen LogP contribution in [0, 0.1) is 0 Å². The van der Waals surface area contributed by atoms with Gasteiger partial charge in [0.15, 0.2) is 0 Å². The number of thiazole rings is 1. The number of aromatic nitrogens is 2. The maximum absolute atomic E-state index is 11.4. The van der Waals surface area contributed by atoms with Gasteiger partial charge < -0.3 is 0 Å². The topological polar surface area (TPSA) is 84.0 Å². The van der Waals surface area contributed by atoms with E-state index in [-0.39, 0.29) is 0 Å². The van der Waals surface area contributed by atoms with Crippen LogP contribution in [0.4, 0.5) is 0 Å². The maximum atomic E-state index is 11.4. The SMILES string of the molecule is CCNS(=O)(=O)NCCc1csc(-c2ccncc2)n1. The van der Waals surface area contributed by atoms with Gasteiger partial charge in [-0.05, 0) is 12.1 Å². The average Bonchev–Trinajstić information content (AvgIpc) is 2.88. The van der Waals surface area contributed by atoms with Crippen LogP contribution in [0.3, 0.4) is 0 Å². The minimum Gasteiger partial charge on any atom is -0.265 e. The lowest BCUT2D eigenvalue weighted by Crippen LogP contribution is -2.37. The van der Waals surface area contributed by atoms with Gasteiger partial charge in [0.05, 0.1) is 5.69 Å². The first-order valence-corrected chi connectivity index (χ1v) is 8.56. The first-order chi connectivity index (χ1) is 9.61. The summed E-state index contributed by atoms with van der Waals surface area (Å²) in [6.07, 6.45) is 4.01. The van der Waals surface area contributed by atoms with Gasteiger partial charge in [-0.1, -0.05) is 6.92 Å².